The van der Waals surface area contributed by atoms with Gasteiger partial charge >= 0.3 is 0 Å². The fraction of sp³-hybridized carbons (Fsp3) is 0.115. The number of ether oxygens (including phenoxy) is 2. The van der Waals surface area contributed by atoms with E-state index in [-0.39, 0.29) is 28.9 Å². The van der Waals surface area contributed by atoms with Gasteiger partial charge in [0.15, 0.2) is 0 Å². The Morgan fingerprint density at radius 1 is 0.892 bits per heavy atom. The fourth-order valence-electron chi connectivity index (χ4n) is 3.59. The van der Waals surface area contributed by atoms with Gasteiger partial charge in [-0.3, -0.25) is 14.4 Å². The lowest BCUT2D eigenvalue weighted by Crippen LogP contribution is -2.32. The molecule has 3 amide bonds. The molecule has 1 aliphatic heterocycles. The standard InChI is InChI=1S/C26H20Cl3N3O5/c1-36-18-9-10-21(37-2)20(12-18)32-25(34)22(29)23(26(32)35)31-17-7-4-14(5-8-17)24(33)30-13-15-3-6-16(27)11-19(15)28/h3-12,31H,13H2,1-2H3,(H,30,33). The molecule has 1 heterocycles. The lowest BCUT2D eigenvalue weighted by Gasteiger charge is -2.19. The zero-order valence-electron chi connectivity index (χ0n) is 19.6. The first-order valence-electron chi connectivity index (χ1n) is 10.8. The predicted octanol–water partition coefficient (Wildman–Crippen LogP) is 5.38. The van der Waals surface area contributed by atoms with Crippen molar-refractivity contribution in [3.8, 4) is 11.5 Å². The Kier molecular flexibility index (Phi) is 7.92. The van der Waals surface area contributed by atoms with Gasteiger partial charge in [-0.15, -0.1) is 0 Å². The zero-order chi connectivity index (χ0) is 26.7. The van der Waals surface area contributed by atoms with Gasteiger partial charge in [-0.05, 0) is 54.1 Å². The van der Waals surface area contributed by atoms with Gasteiger partial charge in [0, 0.05) is 33.9 Å². The van der Waals surface area contributed by atoms with Crippen LogP contribution in [0, 0.1) is 0 Å². The van der Waals surface area contributed by atoms with Crippen LogP contribution in [0.4, 0.5) is 11.4 Å². The number of nitrogens with one attached hydrogen (secondary N) is 2. The number of amides is 3. The van der Waals surface area contributed by atoms with E-state index in [9.17, 15) is 14.4 Å². The van der Waals surface area contributed by atoms with Gasteiger partial charge in [0.25, 0.3) is 17.7 Å². The van der Waals surface area contributed by atoms with E-state index >= 15 is 0 Å². The smallest absolute Gasteiger partial charge is 0.283 e. The van der Waals surface area contributed by atoms with Crippen molar-refractivity contribution in [1.29, 1.82) is 0 Å². The van der Waals surface area contributed by atoms with Crippen LogP contribution >= 0.6 is 34.8 Å². The normalized spacial score (nSPS) is 13.2. The molecule has 0 atom stereocenters. The van der Waals surface area contributed by atoms with Gasteiger partial charge in [0.1, 0.15) is 22.2 Å². The van der Waals surface area contributed by atoms with Crippen LogP contribution in [0.15, 0.2) is 71.4 Å². The largest absolute Gasteiger partial charge is 0.497 e. The van der Waals surface area contributed by atoms with Crippen LogP contribution < -0.4 is 25.0 Å². The molecule has 0 aliphatic carbocycles. The van der Waals surface area contributed by atoms with Crippen molar-refractivity contribution in [1.82, 2.24) is 5.32 Å². The maximum Gasteiger partial charge on any atom is 0.283 e. The first-order chi connectivity index (χ1) is 17.7. The average Bonchev–Trinajstić information content (AvgIpc) is 3.10. The Hall–Kier alpha value is -3.72. The van der Waals surface area contributed by atoms with Gasteiger partial charge in [-0.1, -0.05) is 40.9 Å². The molecular formula is C26H20Cl3N3O5. The number of carbonyl (C=O) groups is 3. The summed E-state index contributed by atoms with van der Waals surface area (Å²) in [5, 5.41) is 6.34. The van der Waals surface area contributed by atoms with Crippen LogP contribution in [0.25, 0.3) is 0 Å². The molecule has 0 fully saturated rings. The van der Waals surface area contributed by atoms with E-state index in [2.05, 4.69) is 10.6 Å². The van der Waals surface area contributed by atoms with Crippen LogP contribution in [0.1, 0.15) is 15.9 Å². The van der Waals surface area contributed by atoms with Crippen LogP contribution in [-0.4, -0.2) is 31.9 Å². The molecule has 0 aromatic heterocycles. The number of nitrogens with zero attached hydrogens (tertiary/aromatic N) is 1. The molecule has 37 heavy (non-hydrogen) atoms. The Morgan fingerprint density at radius 2 is 1.62 bits per heavy atom. The zero-order valence-corrected chi connectivity index (χ0v) is 21.9. The number of halogens is 3. The Balaban J connectivity index is 1.47. The Labute approximate surface area is 227 Å². The van der Waals surface area contributed by atoms with Crippen molar-refractivity contribution >= 4 is 63.9 Å². The lowest BCUT2D eigenvalue weighted by molar-refractivity contribution is -0.120. The molecule has 3 aromatic carbocycles. The minimum atomic E-state index is -0.711. The number of anilines is 2. The second-order valence-electron chi connectivity index (χ2n) is 7.79. The topological polar surface area (TPSA) is 97.0 Å². The highest BCUT2D eigenvalue weighted by Gasteiger charge is 2.40. The highest BCUT2D eigenvalue weighted by atomic mass is 35.5. The van der Waals surface area contributed by atoms with Crippen LogP contribution in [0.3, 0.4) is 0 Å². The van der Waals surface area contributed by atoms with Crippen molar-refractivity contribution in [3.05, 3.63) is 92.6 Å². The van der Waals surface area contributed by atoms with Gasteiger partial charge < -0.3 is 20.1 Å². The van der Waals surface area contributed by atoms with E-state index in [1.165, 1.54) is 20.3 Å². The summed E-state index contributed by atoms with van der Waals surface area (Å²) in [7, 11) is 2.89. The summed E-state index contributed by atoms with van der Waals surface area (Å²) >= 11 is 18.3. The molecular weight excluding hydrogens is 541 g/mol. The Morgan fingerprint density at radius 3 is 2.27 bits per heavy atom. The molecule has 2 N–H and O–H groups in total. The van der Waals surface area contributed by atoms with Crippen molar-refractivity contribution in [2.24, 2.45) is 0 Å². The first kappa shape index (κ1) is 26.3. The van der Waals surface area contributed by atoms with Crippen LogP contribution in [0.2, 0.25) is 10.0 Å². The maximum absolute atomic E-state index is 13.2. The summed E-state index contributed by atoms with van der Waals surface area (Å²) in [6.45, 7) is 0.220. The third-order valence-corrected chi connectivity index (χ3v) is 6.46. The number of carbonyl (C=O) groups excluding carboxylic acids is 3. The summed E-state index contributed by atoms with van der Waals surface area (Å²) in [5.74, 6) is -0.969. The fourth-order valence-corrected chi connectivity index (χ4v) is 4.28. The van der Waals surface area contributed by atoms with Gasteiger partial charge in [-0.2, -0.15) is 0 Å². The van der Waals surface area contributed by atoms with Gasteiger partial charge in [0.2, 0.25) is 0 Å². The summed E-state index contributed by atoms with van der Waals surface area (Å²) in [6.07, 6.45) is 0. The number of methoxy groups -OCH3 is 2. The molecule has 3 aromatic rings. The molecule has 11 heteroatoms. The molecule has 0 spiro atoms. The summed E-state index contributed by atoms with van der Waals surface area (Å²) < 4.78 is 10.5. The van der Waals surface area contributed by atoms with E-state index in [0.29, 0.717) is 32.8 Å². The molecule has 0 saturated carbocycles. The van der Waals surface area contributed by atoms with E-state index < -0.39 is 11.8 Å². The first-order valence-corrected chi connectivity index (χ1v) is 12.0. The van der Waals surface area contributed by atoms with Crippen LogP contribution in [0.5, 0.6) is 11.5 Å². The number of rotatable bonds is 8. The Bertz CT molecular complexity index is 1420. The second-order valence-corrected chi connectivity index (χ2v) is 9.01. The van der Waals surface area contributed by atoms with Crippen molar-refractivity contribution in [2.75, 3.05) is 24.4 Å². The molecule has 0 bridgehead atoms. The van der Waals surface area contributed by atoms with Crippen molar-refractivity contribution < 1.29 is 23.9 Å². The van der Waals surface area contributed by atoms with E-state index in [0.717, 1.165) is 10.5 Å². The van der Waals surface area contributed by atoms with E-state index in [1.54, 1.807) is 54.6 Å². The summed E-state index contributed by atoms with van der Waals surface area (Å²) in [4.78, 5) is 39.5. The SMILES string of the molecule is COc1ccc(OC)c(N2C(=O)C(Cl)=C(Nc3ccc(C(=O)NCc4ccc(Cl)cc4Cl)cc3)C2=O)c1. The number of benzene rings is 3. The lowest BCUT2D eigenvalue weighted by atomic mass is 10.1. The molecule has 0 saturated heterocycles. The minimum Gasteiger partial charge on any atom is -0.497 e. The maximum atomic E-state index is 13.2. The number of hydrogen-bond acceptors (Lipinski definition) is 6. The highest BCUT2D eigenvalue weighted by molar-refractivity contribution is 6.53. The minimum absolute atomic E-state index is 0.105. The summed E-state index contributed by atoms with van der Waals surface area (Å²) in [5.41, 5.74) is 1.64. The van der Waals surface area contributed by atoms with E-state index in [1.807, 2.05) is 0 Å². The number of hydrogen-bond donors (Lipinski definition) is 2. The third kappa shape index (κ3) is 5.51. The number of imide groups is 1. The highest BCUT2D eigenvalue weighted by Crippen LogP contribution is 2.38. The van der Waals surface area contributed by atoms with Crippen molar-refractivity contribution in [2.45, 2.75) is 6.54 Å². The van der Waals surface area contributed by atoms with Gasteiger partial charge in [-0.25, -0.2) is 4.90 Å². The monoisotopic (exact) mass is 559 g/mol. The molecule has 4 rings (SSSR count). The molecule has 1 aliphatic rings. The van der Waals surface area contributed by atoms with Gasteiger partial charge in [0.05, 0.1) is 19.9 Å². The molecule has 0 radical (unpaired) electrons. The third-order valence-electron chi connectivity index (χ3n) is 5.53. The van der Waals surface area contributed by atoms with Crippen LogP contribution in [-0.2, 0) is 16.1 Å². The second kappa shape index (κ2) is 11.1. The van der Waals surface area contributed by atoms with E-state index in [4.69, 9.17) is 44.3 Å². The quantitative estimate of drug-likeness (QED) is 0.359. The summed E-state index contributed by atoms with van der Waals surface area (Å²) in [6, 6.07) is 16.1. The average molecular weight is 561 g/mol. The molecule has 190 valence electrons. The molecule has 8 nitrogen and oxygen atoms in total. The predicted molar refractivity (Wildman–Crippen MR) is 143 cm³/mol. The molecule has 0 unspecified atom stereocenters. The van der Waals surface area contributed by atoms with Crippen molar-refractivity contribution in [3.63, 3.8) is 0 Å².